The zero-order valence-corrected chi connectivity index (χ0v) is 14.3. The van der Waals surface area contributed by atoms with E-state index in [-0.39, 0.29) is 6.10 Å². The van der Waals surface area contributed by atoms with Crippen LogP contribution in [0.1, 0.15) is 61.8 Å². The Kier molecular flexibility index (Phi) is 4.10. The summed E-state index contributed by atoms with van der Waals surface area (Å²) in [5, 5.41) is 0. The fourth-order valence-corrected chi connectivity index (χ4v) is 3.33. The van der Waals surface area contributed by atoms with Gasteiger partial charge in [0.25, 0.3) is 0 Å². The van der Waals surface area contributed by atoms with E-state index >= 15 is 0 Å². The van der Waals surface area contributed by atoms with Gasteiger partial charge in [-0.15, -0.1) is 0 Å². The second-order valence-electron chi connectivity index (χ2n) is 7.03. The molecule has 0 spiro atoms. The molecule has 0 aliphatic heterocycles. The van der Waals surface area contributed by atoms with Crippen molar-refractivity contribution in [3.63, 3.8) is 0 Å². The number of rotatable bonds is 4. The maximum Gasteiger partial charge on any atom is 0.0579 e. The molecule has 3 rings (SSSR count). The van der Waals surface area contributed by atoms with Crippen molar-refractivity contribution in [1.29, 1.82) is 0 Å². The normalized spacial score (nSPS) is 16.2. The van der Waals surface area contributed by atoms with E-state index in [0.717, 1.165) is 6.61 Å². The number of hydrogen-bond acceptors (Lipinski definition) is 1. The molecule has 22 heavy (non-hydrogen) atoms. The van der Waals surface area contributed by atoms with Crippen molar-refractivity contribution in [2.24, 2.45) is 0 Å². The van der Waals surface area contributed by atoms with Gasteiger partial charge in [0.15, 0.2) is 0 Å². The van der Waals surface area contributed by atoms with E-state index < -0.39 is 0 Å². The van der Waals surface area contributed by atoms with E-state index in [0.29, 0.717) is 11.8 Å². The lowest BCUT2D eigenvalue weighted by atomic mass is 9.93. The molecule has 0 amide bonds. The van der Waals surface area contributed by atoms with Gasteiger partial charge in [0.1, 0.15) is 0 Å². The highest BCUT2D eigenvalue weighted by Gasteiger charge is 2.29. The first-order chi connectivity index (χ1) is 10.5. The Bertz CT molecular complexity index is 682. The summed E-state index contributed by atoms with van der Waals surface area (Å²) in [6.07, 6.45) is 0.269. The van der Waals surface area contributed by atoms with Crippen LogP contribution < -0.4 is 0 Å². The third kappa shape index (κ3) is 2.70. The third-order valence-electron chi connectivity index (χ3n) is 4.59. The molecule has 0 fully saturated rings. The van der Waals surface area contributed by atoms with Crippen LogP contribution in [0, 0.1) is 6.92 Å². The summed E-state index contributed by atoms with van der Waals surface area (Å²) in [5.74, 6) is 0.924. The molecule has 1 nitrogen and oxygen atoms in total. The van der Waals surface area contributed by atoms with Gasteiger partial charge in [0.05, 0.1) is 12.7 Å². The highest BCUT2D eigenvalue weighted by Crippen LogP contribution is 2.46. The zero-order valence-electron chi connectivity index (χ0n) is 14.3. The van der Waals surface area contributed by atoms with Crippen LogP contribution >= 0.6 is 0 Å². The topological polar surface area (TPSA) is 9.23 Å². The van der Waals surface area contributed by atoms with Crippen molar-refractivity contribution < 1.29 is 4.74 Å². The van der Waals surface area contributed by atoms with Crippen molar-refractivity contribution in [3.05, 3.63) is 58.7 Å². The van der Waals surface area contributed by atoms with Crippen LogP contribution in [0.25, 0.3) is 11.1 Å². The molecule has 0 radical (unpaired) electrons. The molecule has 2 aromatic carbocycles. The minimum atomic E-state index is 0.269. The quantitative estimate of drug-likeness (QED) is 0.707. The van der Waals surface area contributed by atoms with Gasteiger partial charge in [-0.3, -0.25) is 0 Å². The Morgan fingerprint density at radius 1 is 0.909 bits per heavy atom. The van der Waals surface area contributed by atoms with Crippen LogP contribution in [0.5, 0.6) is 0 Å². The van der Waals surface area contributed by atoms with Crippen molar-refractivity contribution in [1.82, 2.24) is 0 Å². The van der Waals surface area contributed by atoms with Gasteiger partial charge in [-0.05, 0) is 54.5 Å². The molecule has 0 aromatic heterocycles. The Balaban J connectivity index is 2.09. The lowest BCUT2D eigenvalue weighted by molar-refractivity contribution is 0.0739. The molecule has 116 valence electrons. The molecular weight excluding hydrogens is 268 g/mol. The Hall–Kier alpha value is -1.60. The Labute approximate surface area is 134 Å². The second-order valence-corrected chi connectivity index (χ2v) is 7.03. The summed E-state index contributed by atoms with van der Waals surface area (Å²) in [7, 11) is 0. The maximum atomic E-state index is 5.98. The van der Waals surface area contributed by atoms with Crippen molar-refractivity contribution >= 4 is 0 Å². The molecule has 1 aliphatic rings. The lowest BCUT2D eigenvalue weighted by Crippen LogP contribution is -2.12. The van der Waals surface area contributed by atoms with E-state index in [9.17, 15) is 0 Å². The first kappa shape index (κ1) is 15.3. The molecule has 1 unspecified atom stereocenters. The number of ether oxygens (including phenoxy) is 1. The summed E-state index contributed by atoms with van der Waals surface area (Å²) < 4.78 is 5.98. The molecular formula is C21H26O. The van der Waals surface area contributed by atoms with E-state index in [4.69, 9.17) is 4.74 Å². The molecule has 1 aliphatic carbocycles. The lowest BCUT2D eigenvalue weighted by Gasteiger charge is -2.17. The molecule has 2 aromatic rings. The Morgan fingerprint density at radius 2 is 1.55 bits per heavy atom. The van der Waals surface area contributed by atoms with Crippen LogP contribution in [-0.4, -0.2) is 12.7 Å². The minimum Gasteiger partial charge on any atom is -0.378 e. The summed E-state index contributed by atoms with van der Waals surface area (Å²) in [6.45, 7) is 11.7. The SMILES string of the molecule is Cc1ccc2c(c1)C(COC(C)C)c1cc(C(C)C)ccc1-2. The fourth-order valence-electron chi connectivity index (χ4n) is 3.33. The number of aryl methyl sites for hydroxylation is 1. The highest BCUT2D eigenvalue weighted by atomic mass is 16.5. The molecule has 1 atom stereocenters. The third-order valence-corrected chi connectivity index (χ3v) is 4.59. The van der Waals surface area contributed by atoms with Gasteiger partial charge in [0.2, 0.25) is 0 Å². The summed E-state index contributed by atoms with van der Waals surface area (Å²) in [4.78, 5) is 0. The van der Waals surface area contributed by atoms with Gasteiger partial charge in [-0.1, -0.05) is 55.8 Å². The Morgan fingerprint density at radius 3 is 2.18 bits per heavy atom. The molecule has 0 heterocycles. The van der Waals surface area contributed by atoms with Gasteiger partial charge in [-0.25, -0.2) is 0 Å². The van der Waals surface area contributed by atoms with Gasteiger partial charge < -0.3 is 4.74 Å². The monoisotopic (exact) mass is 294 g/mol. The summed E-state index contributed by atoms with van der Waals surface area (Å²) in [5.41, 5.74) is 8.37. The van der Waals surface area contributed by atoms with Crippen molar-refractivity contribution in [2.75, 3.05) is 6.61 Å². The molecule has 0 saturated heterocycles. The fraction of sp³-hybridized carbons (Fsp3) is 0.429. The second kappa shape index (κ2) is 5.89. The van der Waals surface area contributed by atoms with Crippen molar-refractivity contribution in [3.8, 4) is 11.1 Å². The smallest absolute Gasteiger partial charge is 0.0579 e. The van der Waals surface area contributed by atoms with Gasteiger partial charge in [-0.2, -0.15) is 0 Å². The number of benzene rings is 2. The average Bonchev–Trinajstić information content (AvgIpc) is 2.77. The zero-order chi connectivity index (χ0) is 15.9. The first-order valence-corrected chi connectivity index (χ1v) is 8.33. The largest absolute Gasteiger partial charge is 0.378 e. The van der Waals surface area contributed by atoms with Crippen LogP contribution in [0.2, 0.25) is 0 Å². The van der Waals surface area contributed by atoms with Crippen LogP contribution in [-0.2, 0) is 4.74 Å². The maximum absolute atomic E-state index is 5.98. The van der Waals surface area contributed by atoms with Gasteiger partial charge >= 0.3 is 0 Å². The standard InChI is InChI=1S/C21H26O/c1-13(2)16-7-9-18-17-8-6-15(5)10-19(17)21(20(18)11-16)12-22-14(3)4/h6-11,13-14,21H,12H2,1-5H3. The van der Waals surface area contributed by atoms with Crippen LogP contribution in [0.3, 0.4) is 0 Å². The van der Waals surface area contributed by atoms with Crippen LogP contribution in [0.15, 0.2) is 36.4 Å². The molecule has 0 saturated carbocycles. The van der Waals surface area contributed by atoms with E-state index in [1.165, 1.54) is 33.4 Å². The van der Waals surface area contributed by atoms with Crippen molar-refractivity contribution in [2.45, 2.75) is 52.6 Å². The van der Waals surface area contributed by atoms with Gasteiger partial charge in [0, 0.05) is 5.92 Å². The van der Waals surface area contributed by atoms with Crippen LogP contribution in [0.4, 0.5) is 0 Å². The van der Waals surface area contributed by atoms with E-state index in [1.807, 2.05) is 0 Å². The average molecular weight is 294 g/mol. The molecule has 0 N–H and O–H groups in total. The number of fused-ring (bicyclic) bond motifs is 3. The minimum absolute atomic E-state index is 0.269. The van der Waals surface area contributed by atoms with E-state index in [1.54, 1.807) is 0 Å². The molecule has 1 heteroatoms. The number of hydrogen-bond donors (Lipinski definition) is 0. The predicted molar refractivity (Wildman–Crippen MR) is 93.6 cm³/mol. The van der Waals surface area contributed by atoms with E-state index in [2.05, 4.69) is 71.0 Å². The predicted octanol–water partition coefficient (Wildman–Crippen LogP) is 5.66. The first-order valence-electron chi connectivity index (χ1n) is 8.33. The summed E-state index contributed by atoms with van der Waals surface area (Å²) in [6, 6.07) is 13.8. The summed E-state index contributed by atoms with van der Waals surface area (Å²) >= 11 is 0. The molecule has 0 bridgehead atoms. The highest BCUT2D eigenvalue weighted by molar-refractivity contribution is 5.79.